The van der Waals surface area contributed by atoms with Gasteiger partial charge in [-0.1, -0.05) is 77.6 Å². The van der Waals surface area contributed by atoms with Gasteiger partial charge in [0.25, 0.3) is 0 Å². The van der Waals surface area contributed by atoms with Crippen molar-refractivity contribution in [3.8, 4) is 0 Å². The van der Waals surface area contributed by atoms with Gasteiger partial charge < -0.3 is 5.32 Å². The van der Waals surface area contributed by atoms with Gasteiger partial charge in [0, 0.05) is 10.6 Å². The van der Waals surface area contributed by atoms with Crippen molar-refractivity contribution in [3.05, 3.63) is 47.2 Å². The quantitative estimate of drug-likeness (QED) is 0.291. The average Bonchev–Trinajstić information content (AvgIpc) is 2.74. The van der Waals surface area contributed by atoms with Crippen LogP contribution >= 0.6 is 23.5 Å². The molecule has 2 rings (SSSR count). The minimum absolute atomic E-state index is 0.0660. The highest BCUT2D eigenvalue weighted by molar-refractivity contribution is 7.99. The highest BCUT2D eigenvalue weighted by Gasteiger charge is 2.24. The Morgan fingerprint density at radius 2 is 1.74 bits per heavy atom. The van der Waals surface area contributed by atoms with Crippen molar-refractivity contribution in [2.24, 2.45) is 0 Å². The molecule has 1 heterocycles. The molecule has 5 heteroatoms. The third-order valence-electron chi connectivity index (χ3n) is 5.58. The minimum Gasteiger partial charge on any atom is -0.322 e. The summed E-state index contributed by atoms with van der Waals surface area (Å²) in [6.07, 6.45) is 9.55. The van der Waals surface area contributed by atoms with E-state index in [4.69, 9.17) is 0 Å². The Hall–Kier alpha value is -1.46. The number of nitrogens with one attached hydrogen (secondary N) is 1. The molecule has 1 aromatic carbocycles. The lowest BCUT2D eigenvalue weighted by Gasteiger charge is -2.22. The van der Waals surface area contributed by atoms with Crippen LogP contribution in [0.2, 0.25) is 0 Å². The van der Waals surface area contributed by atoms with Crippen LogP contribution in [0.15, 0.2) is 40.3 Å². The number of rotatable bonds is 10. The number of aromatic nitrogens is 1. The van der Waals surface area contributed by atoms with Crippen molar-refractivity contribution in [3.63, 3.8) is 0 Å². The Balaban J connectivity index is 2.33. The number of thioether (sulfide) groups is 2. The molecule has 1 amide bonds. The molecular formula is C26H38N2OS2. The number of aryl methyl sites for hydroxylation is 1. The predicted molar refractivity (Wildman–Crippen MR) is 138 cm³/mol. The Kier molecular flexibility index (Phi) is 9.95. The van der Waals surface area contributed by atoms with Crippen molar-refractivity contribution < 1.29 is 4.79 Å². The molecule has 0 fully saturated rings. The van der Waals surface area contributed by atoms with Gasteiger partial charge in [-0.15, -0.1) is 23.5 Å². The van der Waals surface area contributed by atoms with Gasteiger partial charge in [0.15, 0.2) is 0 Å². The molecule has 1 atom stereocenters. The molecule has 31 heavy (non-hydrogen) atoms. The van der Waals surface area contributed by atoms with Crippen molar-refractivity contribution in [1.82, 2.24) is 4.98 Å². The fraction of sp³-hybridized carbons (Fsp3) is 0.538. The van der Waals surface area contributed by atoms with Gasteiger partial charge in [0.05, 0.1) is 11.6 Å². The number of hydrogen-bond donors (Lipinski definition) is 1. The molecule has 0 spiro atoms. The van der Waals surface area contributed by atoms with E-state index >= 15 is 0 Å². The van der Waals surface area contributed by atoms with E-state index in [1.807, 2.05) is 25.5 Å². The summed E-state index contributed by atoms with van der Waals surface area (Å²) in [6, 6.07) is 10.7. The highest BCUT2D eigenvalue weighted by atomic mass is 32.2. The molecule has 0 radical (unpaired) electrons. The SMILES string of the molecule is CCCCCCC(C(=O)Nc1c(SC)cc(C)nc1SC)c1ccc(C(C)(C)C)cc1. The summed E-state index contributed by atoms with van der Waals surface area (Å²) >= 11 is 3.23. The van der Waals surface area contributed by atoms with Crippen LogP contribution in [0.5, 0.6) is 0 Å². The lowest BCUT2D eigenvalue weighted by molar-refractivity contribution is -0.117. The number of amides is 1. The smallest absolute Gasteiger partial charge is 0.232 e. The number of anilines is 1. The topological polar surface area (TPSA) is 42.0 Å². The van der Waals surface area contributed by atoms with Crippen LogP contribution in [-0.4, -0.2) is 23.4 Å². The molecule has 0 bridgehead atoms. The first kappa shape index (κ1) is 25.8. The molecule has 1 N–H and O–H groups in total. The average molecular weight is 459 g/mol. The zero-order valence-electron chi connectivity index (χ0n) is 20.2. The van der Waals surface area contributed by atoms with Crippen molar-refractivity contribution in [2.45, 2.75) is 88.0 Å². The largest absolute Gasteiger partial charge is 0.322 e. The number of carbonyl (C=O) groups is 1. The van der Waals surface area contributed by atoms with Gasteiger partial charge in [0.1, 0.15) is 5.03 Å². The number of carbonyl (C=O) groups excluding carboxylic acids is 1. The van der Waals surface area contributed by atoms with E-state index in [2.05, 4.69) is 62.3 Å². The molecule has 0 saturated carbocycles. The standard InChI is InChI=1S/C26H38N2OS2/c1-8-9-10-11-12-21(19-13-15-20(16-14-19)26(3,4)5)24(29)28-23-22(30-6)17-18(2)27-25(23)31-7/h13-17,21H,8-12H2,1-7H3,(H,28,29). The van der Waals surface area contributed by atoms with E-state index in [9.17, 15) is 4.79 Å². The molecule has 1 aromatic heterocycles. The molecule has 170 valence electrons. The molecule has 2 aromatic rings. The van der Waals surface area contributed by atoms with Gasteiger partial charge in [-0.25, -0.2) is 4.98 Å². The summed E-state index contributed by atoms with van der Waals surface area (Å²) in [5.74, 6) is -0.0900. The van der Waals surface area contributed by atoms with Gasteiger partial charge in [-0.05, 0) is 48.5 Å². The van der Waals surface area contributed by atoms with E-state index in [1.165, 1.54) is 24.8 Å². The Morgan fingerprint density at radius 1 is 1.06 bits per heavy atom. The van der Waals surface area contributed by atoms with Gasteiger partial charge in [-0.3, -0.25) is 4.79 Å². The predicted octanol–water partition coefficient (Wildman–Crippen LogP) is 7.82. The van der Waals surface area contributed by atoms with Crippen LogP contribution in [0.1, 0.15) is 82.5 Å². The first-order chi connectivity index (χ1) is 14.7. The zero-order chi connectivity index (χ0) is 23.0. The van der Waals surface area contributed by atoms with E-state index in [-0.39, 0.29) is 17.2 Å². The van der Waals surface area contributed by atoms with Gasteiger partial charge in [-0.2, -0.15) is 0 Å². The van der Waals surface area contributed by atoms with Crippen LogP contribution in [0.25, 0.3) is 0 Å². The van der Waals surface area contributed by atoms with E-state index in [0.29, 0.717) is 0 Å². The molecule has 1 unspecified atom stereocenters. The van der Waals surface area contributed by atoms with Crippen LogP contribution in [-0.2, 0) is 10.2 Å². The summed E-state index contributed by atoms with van der Waals surface area (Å²) in [6.45, 7) is 10.9. The third kappa shape index (κ3) is 7.28. The van der Waals surface area contributed by atoms with Crippen LogP contribution in [0.3, 0.4) is 0 Å². The summed E-state index contributed by atoms with van der Waals surface area (Å²) in [4.78, 5) is 19.2. The van der Waals surface area contributed by atoms with Crippen LogP contribution in [0, 0.1) is 6.92 Å². The number of unbranched alkanes of at least 4 members (excludes halogenated alkanes) is 3. The van der Waals surface area contributed by atoms with Crippen LogP contribution in [0.4, 0.5) is 5.69 Å². The zero-order valence-corrected chi connectivity index (χ0v) is 21.8. The Morgan fingerprint density at radius 3 is 2.29 bits per heavy atom. The maximum absolute atomic E-state index is 13.5. The number of hydrogen-bond acceptors (Lipinski definition) is 4. The van der Waals surface area contributed by atoms with Crippen molar-refractivity contribution in [1.29, 1.82) is 0 Å². The molecule has 0 aliphatic carbocycles. The normalized spacial score (nSPS) is 12.6. The maximum Gasteiger partial charge on any atom is 0.232 e. The molecule has 0 saturated heterocycles. The second kappa shape index (κ2) is 12.0. The second-order valence-electron chi connectivity index (χ2n) is 9.11. The van der Waals surface area contributed by atoms with E-state index in [0.717, 1.165) is 39.7 Å². The minimum atomic E-state index is -0.156. The lowest BCUT2D eigenvalue weighted by atomic mass is 9.84. The van der Waals surface area contributed by atoms with Crippen molar-refractivity contribution in [2.75, 3.05) is 17.8 Å². The summed E-state index contributed by atoms with van der Waals surface area (Å²) in [7, 11) is 0. The Bertz CT molecular complexity index is 832. The monoisotopic (exact) mass is 458 g/mol. The maximum atomic E-state index is 13.5. The first-order valence-electron chi connectivity index (χ1n) is 11.2. The highest BCUT2D eigenvalue weighted by Crippen LogP contribution is 2.35. The fourth-order valence-electron chi connectivity index (χ4n) is 3.69. The molecule has 0 aliphatic heterocycles. The van der Waals surface area contributed by atoms with Gasteiger partial charge >= 0.3 is 0 Å². The molecule has 0 aliphatic rings. The number of nitrogens with zero attached hydrogens (tertiary/aromatic N) is 1. The summed E-state index contributed by atoms with van der Waals surface area (Å²) in [5, 5.41) is 4.13. The summed E-state index contributed by atoms with van der Waals surface area (Å²) < 4.78 is 0. The van der Waals surface area contributed by atoms with Crippen LogP contribution < -0.4 is 5.32 Å². The fourth-order valence-corrected chi connectivity index (χ4v) is 4.99. The van der Waals surface area contributed by atoms with Gasteiger partial charge in [0.2, 0.25) is 5.91 Å². The third-order valence-corrected chi connectivity index (χ3v) is 7.03. The van der Waals surface area contributed by atoms with Crippen molar-refractivity contribution >= 4 is 35.1 Å². The lowest BCUT2D eigenvalue weighted by Crippen LogP contribution is -2.22. The molecule has 3 nitrogen and oxygen atoms in total. The van der Waals surface area contributed by atoms with E-state index < -0.39 is 0 Å². The number of benzene rings is 1. The second-order valence-corrected chi connectivity index (χ2v) is 10.8. The Labute approximate surface area is 197 Å². The molecular weight excluding hydrogens is 420 g/mol. The first-order valence-corrected chi connectivity index (χ1v) is 13.7. The number of pyridine rings is 1. The summed E-state index contributed by atoms with van der Waals surface area (Å²) in [5.41, 5.74) is 4.31. The van der Waals surface area contributed by atoms with E-state index in [1.54, 1.807) is 23.5 Å².